The Morgan fingerprint density at radius 1 is 0.923 bits per heavy atom. The molecule has 26 heavy (non-hydrogen) atoms. The van der Waals surface area contributed by atoms with Crippen molar-refractivity contribution in [2.45, 2.75) is 30.8 Å². The highest BCUT2D eigenvalue weighted by atomic mass is 32.3. The minimum absolute atomic E-state index is 0.778. The highest BCUT2D eigenvalue weighted by Gasteiger charge is 2.46. The summed E-state index contributed by atoms with van der Waals surface area (Å²) in [6.07, 6.45) is 2.81. The lowest BCUT2D eigenvalue weighted by atomic mass is 10.4. The van der Waals surface area contributed by atoms with E-state index < -0.39 is 31.1 Å². The lowest BCUT2D eigenvalue weighted by molar-refractivity contribution is -0.898. The van der Waals surface area contributed by atoms with Gasteiger partial charge in [-0.25, -0.2) is 16.8 Å². The third kappa shape index (κ3) is 7.94. The molecular weight excluding hydrogens is 418 g/mol. The van der Waals surface area contributed by atoms with Crippen LogP contribution >= 0.6 is 0 Å². The second-order valence-corrected chi connectivity index (χ2v) is 9.03. The second kappa shape index (κ2) is 9.03. The van der Waals surface area contributed by atoms with Crippen LogP contribution < -0.4 is 0 Å². The first-order valence-corrected chi connectivity index (χ1v) is 10.1. The monoisotopic (exact) mass is 438 g/mol. The normalized spacial score (nSPS) is 18.3. The summed E-state index contributed by atoms with van der Waals surface area (Å²) < 4.78 is 116. The smallest absolute Gasteiger partial charge is 0.421 e. The van der Waals surface area contributed by atoms with E-state index in [9.17, 15) is 43.2 Å². The highest BCUT2D eigenvalue weighted by Crippen LogP contribution is 2.36. The number of quaternary nitrogens is 1. The fourth-order valence-electron chi connectivity index (χ4n) is 1.97. The van der Waals surface area contributed by atoms with Crippen LogP contribution in [0.25, 0.3) is 4.13 Å². The van der Waals surface area contributed by atoms with Crippen LogP contribution in [-0.4, -0.2) is 72.2 Å². The van der Waals surface area contributed by atoms with Crippen LogP contribution in [0.4, 0.5) is 26.3 Å². The van der Waals surface area contributed by atoms with Crippen LogP contribution in [0.3, 0.4) is 0 Å². The minimum atomic E-state index is -6.72. The van der Waals surface area contributed by atoms with Gasteiger partial charge in [-0.2, -0.15) is 26.3 Å². The molecule has 1 aliphatic heterocycles. The summed E-state index contributed by atoms with van der Waals surface area (Å²) in [7, 11) is -11.1. The molecule has 1 fully saturated rings. The maximum atomic E-state index is 11.4. The molecule has 1 aliphatic rings. The largest absolute Gasteiger partial charge is 0.480 e. The average Bonchev–Trinajstić information content (AvgIpc) is 2.83. The number of alkyl halides is 6. The van der Waals surface area contributed by atoms with Crippen molar-refractivity contribution in [3.8, 4) is 0 Å². The summed E-state index contributed by atoms with van der Waals surface area (Å²) in [4.78, 5) is 0. The Balaban J connectivity index is 0.000000502. The zero-order chi connectivity index (χ0) is 20.9. The Labute approximate surface area is 148 Å². The van der Waals surface area contributed by atoms with Crippen LogP contribution in [0, 0.1) is 0 Å². The summed E-state index contributed by atoms with van der Waals surface area (Å²) in [6.45, 7) is 7.77. The lowest BCUT2D eigenvalue weighted by Crippen LogP contribution is -2.43. The van der Waals surface area contributed by atoms with Gasteiger partial charge in [0.15, 0.2) is 20.0 Å². The molecule has 0 saturated carbocycles. The molecule has 7 nitrogen and oxygen atoms in total. The van der Waals surface area contributed by atoms with Crippen LogP contribution in [0.5, 0.6) is 0 Å². The molecule has 0 N–H and O–H groups in total. The van der Waals surface area contributed by atoms with E-state index in [4.69, 9.17) is 4.74 Å². The molecule has 0 aromatic carbocycles. The van der Waals surface area contributed by atoms with Gasteiger partial charge in [-0.1, -0.05) is 0 Å². The summed E-state index contributed by atoms with van der Waals surface area (Å²) >= 11 is 0. The van der Waals surface area contributed by atoms with Gasteiger partial charge in [0.2, 0.25) is 0 Å². The maximum absolute atomic E-state index is 11.4. The first-order chi connectivity index (χ1) is 11.5. The lowest BCUT2D eigenvalue weighted by Gasteiger charge is -2.28. The average molecular weight is 438 g/mol. The molecule has 1 saturated heterocycles. The number of ether oxygens (including phenoxy) is 1. The third-order valence-electron chi connectivity index (χ3n) is 3.41. The molecular formula is C11H20F6N2O5S2. The van der Waals surface area contributed by atoms with Crippen molar-refractivity contribution in [3.63, 3.8) is 0 Å². The molecule has 0 aliphatic carbocycles. The zero-order valence-corrected chi connectivity index (χ0v) is 15.6. The minimum Gasteiger partial charge on any atom is -0.421 e. The molecule has 0 aromatic heterocycles. The van der Waals surface area contributed by atoms with Gasteiger partial charge < -0.3 is 13.3 Å². The Morgan fingerprint density at radius 3 is 1.62 bits per heavy atom. The van der Waals surface area contributed by atoms with Crippen LogP contribution in [-0.2, 0) is 24.8 Å². The molecule has 1 rings (SSSR count). The van der Waals surface area contributed by atoms with E-state index in [1.165, 1.54) is 37.0 Å². The maximum Gasteiger partial charge on any atom is 0.480 e. The molecule has 0 radical (unpaired) electrons. The van der Waals surface area contributed by atoms with Gasteiger partial charge in [-0.05, 0) is 6.92 Å². The predicted molar refractivity (Wildman–Crippen MR) is 79.8 cm³/mol. The predicted octanol–water partition coefficient (Wildman–Crippen LogP) is 2.32. The van der Waals surface area contributed by atoms with Gasteiger partial charge in [0, 0.05) is 19.4 Å². The van der Waals surface area contributed by atoms with Crippen molar-refractivity contribution in [3.05, 3.63) is 4.13 Å². The fraction of sp³-hybridized carbons (Fsp3) is 1.00. The number of sulfonamides is 2. The van der Waals surface area contributed by atoms with E-state index in [0.29, 0.717) is 0 Å². The number of hydrogen-bond acceptors (Lipinski definition) is 5. The number of likely N-dealkylation sites (N-methyl/N-ethyl adjacent to an activating group) is 1. The first-order valence-electron chi connectivity index (χ1n) is 7.25. The number of halogens is 6. The van der Waals surface area contributed by atoms with Gasteiger partial charge >= 0.3 is 11.0 Å². The van der Waals surface area contributed by atoms with Gasteiger partial charge in [-0.15, -0.1) is 0 Å². The Morgan fingerprint density at radius 2 is 1.31 bits per heavy atom. The van der Waals surface area contributed by atoms with Gasteiger partial charge in [0.05, 0.1) is 26.7 Å². The quantitative estimate of drug-likeness (QED) is 0.361. The number of hydrogen-bond donors (Lipinski definition) is 0. The molecule has 0 atom stereocenters. The third-order valence-corrected chi connectivity index (χ3v) is 6.15. The van der Waals surface area contributed by atoms with Crippen molar-refractivity contribution in [2.24, 2.45) is 0 Å². The SMILES string of the molecule is CCOCC[N+]1(C)CCCC1.O=S(=O)([N-]S(=O)(=O)C(F)(F)F)C(F)(F)F. The van der Waals surface area contributed by atoms with Crippen LogP contribution in [0.2, 0.25) is 0 Å². The summed E-state index contributed by atoms with van der Waals surface area (Å²) in [5.41, 5.74) is -12.4. The molecule has 1 heterocycles. The van der Waals surface area contributed by atoms with Gasteiger partial charge in [0.25, 0.3) is 0 Å². The van der Waals surface area contributed by atoms with Crippen LogP contribution in [0.1, 0.15) is 19.8 Å². The van der Waals surface area contributed by atoms with Gasteiger partial charge in [-0.3, -0.25) is 0 Å². The summed E-state index contributed by atoms with van der Waals surface area (Å²) in [5, 5.41) is 0. The standard InChI is InChI=1S/C9H20NO.C2F6NO4S2/c1-3-11-9-8-10(2)6-4-5-7-10;3-1(4,5)14(10,11)9-15(12,13)2(6,7)8/h3-9H2,1-2H3;/q+1;-1. The van der Waals surface area contributed by atoms with Crippen molar-refractivity contribution >= 4 is 20.0 Å². The highest BCUT2D eigenvalue weighted by molar-refractivity contribution is 8.13. The molecule has 158 valence electrons. The van der Waals surface area contributed by atoms with Crippen molar-refractivity contribution < 1.29 is 52.4 Å². The van der Waals surface area contributed by atoms with Crippen molar-refractivity contribution in [1.29, 1.82) is 0 Å². The van der Waals surface area contributed by atoms with E-state index in [-0.39, 0.29) is 0 Å². The first kappa shape index (κ1) is 25.4. The Bertz CT molecular complexity index is 597. The molecule has 0 spiro atoms. The molecule has 0 bridgehead atoms. The molecule has 15 heteroatoms. The molecule has 0 unspecified atom stereocenters. The number of likely N-dealkylation sites (tertiary alicyclic amines) is 1. The fourth-order valence-corrected chi connectivity index (χ4v) is 3.68. The molecule has 0 aromatic rings. The van der Waals surface area contributed by atoms with Crippen LogP contribution in [0.15, 0.2) is 0 Å². The van der Waals surface area contributed by atoms with Crippen molar-refractivity contribution in [2.75, 3.05) is 39.9 Å². The number of nitrogens with zero attached hydrogens (tertiary/aromatic N) is 2. The summed E-state index contributed by atoms with van der Waals surface area (Å²) in [5.74, 6) is 0. The van der Waals surface area contributed by atoms with E-state index in [2.05, 4.69) is 14.0 Å². The molecule has 0 amide bonds. The summed E-state index contributed by atoms with van der Waals surface area (Å²) in [6, 6.07) is 0. The van der Waals surface area contributed by atoms with Crippen molar-refractivity contribution in [1.82, 2.24) is 0 Å². The topological polar surface area (TPSA) is 91.6 Å². The number of rotatable bonds is 6. The van der Waals surface area contributed by atoms with E-state index in [1.54, 1.807) is 0 Å². The zero-order valence-electron chi connectivity index (χ0n) is 14.0. The van der Waals surface area contributed by atoms with E-state index in [1.807, 2.05) is 0 Å². The van der Waals surface area contributed by atoms with E-state index in [0.717, 1.165) is 17.3 Å². The Kier molecular flexibility index (Phi) is 8.81. The van der Waals surface area contributed by atoms with E-state index >= 15 is 0 Å². The second-order valence-electron chi connectivity index (χ2n) is 5.61. The van der Waals surface area contributed by atoms with Gasteiger partial charge in [0.1, 0.15) is 6.54 Å². The Hall–Kier alpha value is -0.640.